The number of carbonyl (C=O) groups excluding carboxylic acids is 1. The van der Waals surface area contributed by atoms with Gasteiger partial charge in [0.05, 0.1) is 18.4 Å². The van der Waals surface area contributed by atoms with E-state index in [2.05, 4.69) is 20.1 Å². The molecule has 1 atom stereocenters. The normalized spacial score (nSPS) is 20.2. The van der Waals surface area contributed by atoms with E-state index >= 15 is 0 Å². The molecule has 1 amide bonds. The Morgan fingerprint density at radius 2 is 1.96 bits per heavy atom. The number of amides is 1. The van der Waals surface area contributed by atoms with Crippen LogP contribution in [0.1, 0.15) is 38.5 Å². The molecule has 144 valence electrons. The topological polar surface area (TPSA) is 69.0 Å². The molecule has 27 heavy (non-hydrogen) atoms. The molecule has 1 N–H and O–H groups in total. The molecule has 0 unspecified atom stereocenters. The van der Waals surface area contributed by atoms with Crippen LogP contribution in [0, 0.1) is 0 Å². The second-order valence-electron chi connectivity index (χ2n) is 7.26. The van der Waals surface area contributed by atoms with E-state index < -0.39 is 0 Å². The summed E-state index contributed by atoms with van der Waals surface area (Å²) in [5.74, 6) is 1.29. The zero-order chi connectivity index (χ0) is 18.5. The van der Waals surface area contributed by atoms with E-state index in [4.69, 9.17) is 4.74 Å². The van der Waals surface area contributed by atoms with E-state index in [1.54, 1.807) is 0 Å². The van der Waals surface area contributed by atoms with E-state index in [0.29, 0.717) is 11.8 Å². The zero-order valence-corrected chi connectivity index (χ0v) is 16.3. The summed E-state index contributed by atoms with van der Waals surface area (Å²) < 4.78 is 7.93. The van der Waals surface area contributed by atoms with Crippen molar-refractivity contribution >= 4 is 17.7 Å². The standard InChI is InChI=1S/C20H26N4O2S/c25-18(21-16-9-4-5-10-16)14-27-20-23-22-19(15-7-2-1-3-8-15)24(20)13-17-11-6-12-26-17/h1-3,7-8,16-17H,4-6,9-14H2,(H,21,25)/t17-/m0/s1. The van der Waals surface area contributed by atoms with Crippen molar-refractivity contribution in [2.75, 3.05) is 12.4 Å². The summed E-state index contributed by atoms with van der Waals surface area (Å²) in [5, 5.41) is 12.7. The molecule has 1 aromatic carbocycles. The average Bonchev–Trinajstić information content (AvgIpc) is 3.44. The van der Waals surface area contributed by atoms with Crippen molar-refractivity contribution in [2.45, 2.75) is 62.4 Å². The van der Waals surface area contributed by atoms with Gasteiger partial charge in [0.2, 0.25) is 5.91 Å². The van der Waals surface area contributed by atoms with Crippen LogP contribution in [0.5, 0.6) is 0 Å². The van der Waals surface area contributed by atoms with Gasteiger partial charge in [-0.05, 0) is 25.7 Å². The van der Waals surface area contributed by atoms with Gasteiger partial charge in [-0.2, -0.15) is 0 Å². The summed E-state index contributed by atoms with van der Waals surface area (Å²) in [4.78, 5) is 12.3. The molecule has 0 spiro atoms. The lowest BCUT2D eigenvalue weighted by molar-refractivity contribution is -0.119. The minimum absolute atomic E-state index is 0.0832. The van der Waals surface area contributed by atoms with Crippen LogP contribution >= 0.6 is 11.8 Å². The smallest absolute Gasteiger partial charge is 0.230 e. The van der Waals surface area contributed by atoms with Gasteiger partial charge in [0.15, 0.2) is 11.0 Å². The van der Waals surface area contributed by atoms with Crippen LogP contribution < -0.4 is 5.32 Å². The Morgan fingerprint density at radius 1 is 1.15 bits per heavy atom. The first kappa shape index (κ1) is 18.5. The van der Waals surface area contributed by atoms with Crippen LogP contribution in [0.2, 0.25) is 0 Å². The van der Waals surface area contributed by atoms with Crippen LogP contribution in [-0.2, 0) is 16.1 Å². The summed E-state index contributed by atoms with van der Waals surface area (Å²) in [6.07, 6.45) is 6.98. The minimum atomic E-state index is 0.0832. The van der Waals surface area contributed by atoms with Crippen LogP contribution in [0.15, 0.2) is 35.5 Å². The summed E-state index contributed by atoms with van der Waals surface area (Å²) >= 11 is 1.46. The Balaban J connectivity index is 1.47. The Labute approximate surface area is 164 Å². The predicted octanol–water partition coefficient (Wildman–Crippen LogP) is 3.28. The maximum atomic E-state index is 12.3. The lowest BCUT2D eigenvalue weighted by Gasteiger charge is -2.15. The quantitative estimate of drug-likeness (QED) is 0.740. The van der Waals surface area contributed by atoms with Gasteiger partial charge in [0.1, 0.15) is 0 Å². The first-order valence-corrected chi connectivity index (χ1v) is 10.8. The molecule has 1 aliphatic carbocycles. The highest BCUT2D eigenvalue weighted by Crippen LogP contribution is 2.26. The van der Waals surface area contributed by atoms with E-state index in [1.165, 1.54) is 24.6 Å². The minimum Gasteiger partial charge on any atom is -0.376 e. The Bertz CT molecular complexity index is 753. The highest BCUT2D eigenvalue weighted by Gasteiger charge is 2.23. The molecule has 2 aliphatic rings. The van der Waals surface area contributed by atoms with Gasteiger partial charge in [-0.3, -0.25) is 9.36 Å². The third-order valence-corrected chi connectivity index (χ3v) is 6.18. The summed E-state index contributed by atoms with van der Waals surface area (Å²) in [6.45, 7) is 1.55. The lowest BCUT2D eigenvalue weighted by atomic mass is 10.2. The molecule has 7 heteroatoms. The second kappa shape index (κ2) is 8.89. The maximum Gasteiger partial charge on any atom is 0.230 e. The molecule has 2 aromatic rings. The van der Waals surface area contributed by atoms with Crippen molar-refractivity contribution in [3.63, 3.8) is 0 Å². The van der Waals surface area contributed by atoms with E-state index in [0.717, 1.165) is 55.4 Å². The molecule has 1 saturated heterocycles. The van der Waals surface area contributed by atoms with E-state index in [-0.39, 0.29) is 12.0 Å². The fraction of sp³-hybridized carbons (Fsp3) is 0.550. The Kier molecular flexibility index (Phi) is 6.09. The second-order valence-corrected chi connectivity index (χ2v) is 8.20. The van der Waals surface area contributed by atoms with Crippen LogP contribution in [0.3, 0.4) is 0 Å². The van der Waals surface area contributed by atoms with Gasteiger partial charge in [0.25, 0.3) is 0 Å². The maximum absolute atomic E-state index is 12.3. The number of thioether (sulfide) groups is 1. The van der Waals surface area contributed by atoms with Gasteiger partial charge in [-0.25, -0.2) is 0 Å². The molecule has 0 radical (unpaired) electrons. The molecule has 1 aromatic heterocycles. The van der Waals surface area contributed by atoms with Crippen LogP contribution in [0.25, 0.3) is 11.4 Å². The number of hydrogen-bond donors (Lipinski definition) is 1. The van der Waals surface area contributed by atoms with E-state index in [1.807, 2.05) is 30.3 Å². The van der Waals surface area contributed by atoms with Gasteiger partial charge in [-0.15, -0.1) is 10.2 Å². The number of aromatic nitrogens is 3. The van der Waals surface area contributed by atoms with E-state index in [9.17, 15) is 4.79 Å². The van der Waals surface area contributed by atoms with Gasteiger partial charge < -0.3 is 10.1 Å². The lowest BCUT2D eigenvalue weighted by Crippen LogP contribution is -2.33. The number of nitrogens with one attached hydrogen (secondary N) is 1. The molecule has 1 aliphatic heterocycles. The SMILES string of the molecule is O=C(CSc1nnc(-c2ccccc2)n1C[C@@H]1CCCO1)NC1CCCC1. The van der Waals surface area contributed by atoms with Gasteiger partial charge in [-0.1, -0.05) is 54.9 Å². The number of carbonyl (C=O) groups is 1. The number of nitrogens with zero attached hydrogens (tertiary/aromatic N) is 3. The first-order valence-electron chi connectivity index (χ1n) is 9.82. The van der Waals surface area contributed by atoms with Crippen molar-refractivity contribution in [3.8, 4) is 11.4 Å². The summed E-state index contributed by atoms with van der Waals surface area (Å²) in [7, 11) is 0. The van der Waals surface area contributed by atoms with Crippen molar-refractivity contribution in [1.82, 2.24) is 20.1 Å². The molecule has 2 heterocycles. The number of hydrogen-bond acceptors (Lipinski definition) is 5. The molecular weight excluding hydrogens is 360 g/mol. The largest absolute Gasteiger partial charge is 0.376 e. The first-order chi connectivity index (χ1) is 13.3. The average molecular weight is 387 g/mol. The highest BCUT2D eigenvalue weighted by molar-refractivity contribution is 7.99. The molecule has 2 fully saturated rings. The Hall–Kier alpha value is -1.86. The number of rotatable bonds is 7. The zero-order valence-electron chi connectivity index (χ0n) is 15.5. The fourth-order valence-electron chi connectivity index (χ4n) is 3.82. The monoisotopic (exact) mass is 386 g/mol. The highest BCUT2D eigenvalue weighted by atomic mass is 32.2. The van der Waals surface area contributed by atoms with Gasteiger partial charge >= 0.3 is 0 Å². The van der Waals surface area contributed by atoms with Gasteiger partial charge in [0, 0.05) is 18.2 Å². The summed E-state index contributed by atoms with van der Waals surface area (Å²) in [6, 6.07) is 10.4. The molecule has 1 saturated carbocycles. The molecular formula is C20H26N4O2S. The van der Waals surface area contributed by atoms with Crippen LogP contribution in [0.4, 0.5) is 0 Å². The fourth-order valence-corrected chi connectivity index (χ4v) is 4.58. The van der Waals surface area contributed by atoms with Crippen molar-refractivity contribution in [2.24, 2.45) is 0 Å². The van der Waals surface area contributed by atoms with Crippen molar-refractivity contribution < 1.29 is 9.53 Å². The third kappa shape index (κ3) is 4.71. The predicted molar refractivity (Wildman–Crippen MR) is 106 cm³/mol. The van der Waals surface area contributed by atoms with Crippen molar-refractivity contribution in [3.05, 3.63) is 30.3 Å². The summed E-state index contributed by atoms with van der Waals surface area (Å²) in [5.41, 5.74) is 1.03. The molecule has 4 rings (SSSR count). The van der Waals surface area contributed by atoms with Crippen LogP contribution in [-0.4, -0.2) is 45.2 Å². The Morgan fingerprint density at radius 3 is 2.70 bits per heavy atom. The number of benzene rings is 1. The third-order valence-electron chi connectivity index (χ3n) is 5.21. The number of ether oxygens (including phenoxy) is 1. The van der Waals surface area contributed by atoms with Crippen molar-refractivity contribution in [1.29, 1.82) is 0 Å². The molecule has 6 nitrogen and oxygen atoms in total. The molecule has 0 bridgehead atoms.